The summed E-state index contributed by atoms with van der Waals surface area (Å²) in [5.74, 6) is 0.787. The largest absolute Gasteiger partial charge is 0.496 e. The van der Waals surface area contributed by atoms with E-state index >= 15 is 0 Å². The molecule has 102 valence electrons. The minimum Gasteiger partial charge on any atom is -0.496 e. The van der Waals surface area contributed by atoms with Crippen LogP contribution in [0.4, 0.5) is 0 Å². The van der Waals surface area contributed by atoms with E-state index in [1.54, 1.807) is 19.4 Å². The summed E-state index contributed by atoms with van der Waals surface area (Å²) in [6.07, 6.45) is 3.61. The number of ether oxygens (including phenoxy) is 1. The van der Waals surface area contributed by atoms with Gasteiger partial charge in [-0.05, 0) is 36.8 Å². The normalized spacial score (nSPS) is 11.7. The van der Waals surface area contributed by atoms with E-state index in [9.17, 15) is 0 Å². The molecule has 1 aromatic carbocycles. The summed E-state index contributed by atoms with van der Waals surface area (Å²) in [6, 6.07) is 11.7. The number of benzene rings is 1. The number of pyridine rings is 1. The zero-order chi connectivity index (χ0) is 14.4. The molecule has 2 aromatic rings. The topological polar surface area (TPSA) is 57.9 Å². The molecule has 4 heteroatoms. The summed E-state index contributed by atoms with van der Waals surface area (Å²) >= 11 is 0. The molecule has 20 heavy (non-hydrogen) atoms. The van der Waals surface area contributed by atoms with Gasteiger partial charge in [-0.15, -0.1) is 0 Å². The third-order valence-electron chi connectivity index (χ3n) is 3.19. The summed E-state index contributed by atoms with van der Waals surface area (Å²) in [5, 5.41) is 12.4. The van der Waals surface area contributed by atoms with Crippen LogP contribution in [0.3, 0.4) is 0 Å². The summed E-state index contributed by atoms with van der Waals surface area (Å²) in [5.41, 5.74) is 2.74. The molecule has 0 bridgehead atoms. The van der Waals surface area contributed by atoms with Crippen LogP contribution in [0, 0.1) is 11.3 Å². The summed E-state index contributed by atoms with van der Waals surface area (Å²) in [4.78, 5) is 4.11. The fourth-order valence-electron chi connectivity index (χ4n) is 2.00. The first-order valence-corrected chi connectivity index (χ1v) is 6.45. The summed E-state index contributed by atoms with van der Waals surface area (Å²) in [6.45, 7) is 2.71. The number of hydrogen-bond donors (Lipinski definition) is 1. The number of rotatable bonds is 5. The Bertz CT molecular complexity index is 605. The third-order valence-corrected chi connectivity index (χ3v) is 3.19. The molecular weight excluding hydrogens is 250 g/mol. The van der Waals surface area contributed by atoms with E-state index in [0.717, 1.165) is 16.9 Å². The van der Waals surface area contributed by atoms with E-state index in [1.807, 2.05) is 30.5 Å². The molecule has 1 atom stereocenters. The average molecular weight is 267 g/mol. The summed E-state index contributed by atoms with van der Waals surface area (Å²) in [7, 11) is 1.63. The molecule has 4 nitrogen and oxygen atoms in total. The summed E-state index contributed by atoms with van der Waals surface area (Å²) < 4.78 is 5.32. The molecule has 1 aromatic heterocycles. The molecule has 0 amide bonds. The van der Waals surface area contributed by atoms with Crippen LogP contribution in [-0.4, -0.2) is 12.1 Å². The number of nitrogens with one attached hydrogen (secondary N) is 1. The number of nitriles is 1. The van der Waals surface area contributed by atoms with E-state index < -0.39 is 0 Å². The van der Waals surface area contributed by atoms with Gasteiger partial charge in [-0.1, -0.05) is 6.07 Å². The maximum Gasteiger partial charge on any atom is 0.123 e. The lowest BCUT2D eigenvalue weighted by molar-refractivity contribution is 0.406. The number of hydrogen-bond acceptors (Lipinski definition) is 4. The lowest BCUT2D eigenvalue weighted by Crippen LogP contribution is -2.18. The number of nitrogens with zero attached hydrogens (tertiary/aromatic N) is 2. The van der Waals surface area contributed by atoms with Crippen molar-refractivity contribution in [1.29, 1.82) is 5.26 Å². The van der Waals surface area contributed by atoms with Crippen molar-refractivity contribution in [3.8, 4) is 11.8 Å². The van der Waals surface area contributed by atoms with E-state index in [-0.39, 0.29) is 6.04 Å². The van der Waals surface area contributed by atoms with Gasteiger partial charge in [0.1, 0.15) is 5.75 Å². The number of methoxy groups -OCH3 is 1. The van der Waals surface area contributed by atoms with E-state index in [4.69, 9.17) is 10.00 Å². The Kier molecular flexibility index (Phi) is 4.70. The van der Waals surface area contributed by atoms with Gasteiger partial charge in [0.25, 0.3) is 0 Å². The van der Waals surface area contributed by atoms with Crippen molar-refractivity contribution in [2.45, 2.75) is 19.5 Å². The first-order valence-electron chi connectivity index (χ1n) is 6.45. The van der Waals surface area contributed by atoms with Gasteiger partial charge in [-0.3, -0.25) is 4.98 Å². The lowest BCUT2D eigenvalue weighted by Gasteiger charge is -2.15. The first kappa shape index (κ1) is 14.0. The van der Waals surface area contributed by atoms with Crippen molar-refractivity contribution in [2.24, 2.45) is 0 Å². The van der Waals surface area contributed by atoms with Crippen molar-refractivity contribution in [1.82, 2.24) is 10.3 Å². The Hall–Kier alpha value is -2.38. The Balaban J connectivity index is 2.09. The zero-order valence-corrected chi connectivity index (χ0v) is 11.6. The van der Waals surface area contributed by atoms with Crippen LogP contribution in [0.25, 0.3) is 0 Å². The second-order valence-corrected chi connectivity index (χ2v) is 4.53. The molecule has 2 rings (SSSR count). The highest BCUT2D eigenvalue weighted by atomic mass is 16.5. The predicted molar refractivity (Wildman–Crippen MR) is 77.2 cm³/mol. The quantitative estimate of drug-likeness (QED) is 0.905. The van der Waals surface area contributed by atoms with Crippen LogP contribution in [0.15, 0.2) is 42.7 Å². The van der Waals surface area contributed by atoms with E-state index in [1.165, 1.54) is 0 Å². The highest BCUT2D eigenvalue weighted by molar-refractivity contribution is 5.42. The predicted octanol–water partition coefficient (Wildman–Crippen LogP) is 2.81. The van der Waals surface area contributed by atoms with Crippen LogP contribution < -0.4 is 10.1 Å². The van der Waals surface area contributed by atoms with Gasteiger partial charge in [0.05, 0.1) is 18.7 Å². The van der Waals surface area contributed by atoms with Crippen molar-refractivity contribution < 1.29 is 4.74 Å². The Morgan fingerprint density at radius 3 is 2.90 bits per heavy atom. The first-order chi connectivity index (χ1) is 9.74. The fourth-order valence-corrected chi connectivity index (χ4v) is 2.00. The molecule has 0 fully saturated rings. The third kappa shape index (κ3) is 3.34. The number of aromatic nitrogens is 1. The Labute approximate surface area is 119 Å². The molecule has 0 aliphatic heterocycles. The van der Waals surface area contributed by atoms with Crippen molar-refractivity contribution in [2.75, 3.05) is 7.11 Å². The average Bonchev–Trinajstić information content (AvgIpc) is 2.53. The van der Waals surface area contributed by atoms with Gasteiger partial charge in [-0.2, -0.15) is 5.26 Å². The van der Waals surface area contributed by atoms with Crippen molar-refractivity contribution >= 4 is 0 Å². The molecule has 1 N–H and O–H groups in total. The van der Waals surface area contributed by atoms with Crippen LogP contribution in [0.5, 0.6) is 5.75 Å². The Morgan fingerprint density at radius 2 is 2.25 bits per heavy atom. The molecule has 0 unspecified atom stereocenters. The van der Waals surface area contributed by atoms with Gasteiger partial charge >= 0.3 is 0 Å². The van der Waals surface area contributed by atoms with Gasteiger partial charge in [0.15, 0.2) is 0 Å². The molecule has 1 heterocycles. The highest BCUT2D eigenvalue weighted by Gasteiger charge is 2.08. The van der Waals surface area contributed by atoms with E-state index in [0.29, 0.717) is 12.1 Å². The van der Waals surface area contributed by atoms with E-state index in [2.05, 4.69) is 23.3 Å². The molecule has 0 radical (unpaired) electrons. The maximum absolute atomic E-state index is 8.96. The van der Waals surface area contributed by atoms with Gasteiger partial charge < -0.3 is 10.1 Å². The Morgan fingerprint density at radius 1 is 1.40 bits per heavy atom. The van der Waals surface area contributed by atoms with Crippen LogP contribution in [0.1, 0.15) is 29.7 Å². The monoisotopic (exact) mass is 267 g/mol. The minimum absolute atomic E-state index is 0.180. The molecule has 0 saturated heterocycles. The smallest absolute Gasteiger partial charge is 0.123 e. The molecule has 0 saturated carbocycles. The van der Waals surface area contributed by atoms with Crippen LogP contribution in [0.2, 0.25) is 0 Å². The highest BCUT2D eigenvalue weighted by Crippen LogP contribution is 2.20. The van der Waals surface area contributed by atoms with Crippen LogP contribution >= 0.6 is 0 Å². The van der Waals surface area contributed by atoms with Crippen molar-refractivity contribution in [3.63, 3.8) is 0 Å². The molecule has 0 aliphatic rings. The van der Waals surface area contributed by atoms with Gasteiger partial charge in [0, 0.05) is 30.5 Å². The second kappa shape index (κ2) is 6.69. The SMILES string of the molecule is COc1ccc(C#N)cc1CN[C@H](C)c1cccnc1. The maximum atomic E-state index is 8.96. The van der Waals surface area contributed by atoms with Crippen molar-refractivity contribution in [3.05, 3.63) is 59.4 Å². The lowest BCUT2D eigenvalue weighted by atomic mass is 10.1. The molecule has 0 spiro atoms. The zero-order valence-electron chi connectivity index (χ0n) is 11.6. The molecule has 0 aliphatic carbocycles. The standard InChI is InChI=1S/C16H17N3O/c1-12(14-4-3-7-18-10-14)19-11-15-8-13(9-17)5-6-16(15)20-2/h3-8,10,12,19H,11H2,1-2H3/t12-/m1/s1. The molecular formula is C16H17N3O. The second-order valence-electron chi connectivity index (χ2n) is 4.53. The van der Waals surface area contributed by atoms with Gasteiger partial charge in [-0.25, -0.2) is 0 Å². The van der Waals surface area contributed by atoms with Gasteiger partial charge in [0.2, 0.25) is 0 Å². The minimum atomic E-state index is 0.180. The fraction of sp³-hybridized carbons (Fsp3) is 0.250. The van der Waals surface area contributed by atoms with Crippen LogP contribution in [-0.2, 0) is 6.54 Å².